The molecule has 0 unspecified atom stereocenters. The Morgan fingerprint density at radius 3 is 2.52 bits per heavy atom. The van der Waals surface area contributed by atoms with E-state index in [1.165, 1.54) is 11.8 Å². The molecule has 0 saturated carbocycles. The van der Waals surface area contributed by atoms with Crippen molar-refractivity contribution in [2.24, 2.45) is 0 Å². The molecule has 0 saturated heterocycles. The minimum atomic E-state index is -0.481. The molecule has 0 atom stereocenters. The summed E-state index contributed by atoms with van der Waals surface area (Å²) < 4.78 is -0.481. The molecule has 2 rings (SSSR count). The quantitative estimate of drug-likeness (QED) is 0.508. The lowest BCUT2D eigenvalue weighted by molar-refractivity contribution is 0.280. The SMILES string of the molecule is C#Cc1cncc(CO)c1Cc1ccc(SC(Cl)Cl)cc1. The summed E-state index contributed by atoms with van der Waals surface area (Å²) in [5, 5.41) is 9.42. The lowest BCUT2D eigenvalue weighted by atomic mass is 9.97. The van der Waals surface area contributed by atoms with Gasteiger partial charge < -0.3 is 5.11 Å². The summed E-state index contributed by atoms with van der Waals surface area (Å²) in [6, 6.07) is 7.93. The van der Waals surface area contributed by atoms with Crippen LogP contribution in [0, 0.1) is 12.3 Å². The molecule has 0 aliphatic heterocycles. The first-order valence-corrected chi connectivity index (χ1v) is 7.96. The van der Waals surface area contributed by atoms with E-state index >= 15 is 0 Å². The van der Waals surface area contributed by atoms with Crippen molar-refractivity contribution in [1.82, 2.24) is 4.98 Å². The van der Waals surface area contributed by atoms with Gasteiger partial charge in [0.25, 0.3) is 0 Å². The number of hydrogen-bond donors (Lipinski definition) is 1. The second-order valence-electron chi connectivity index (χ2n) is 4.33. The molecule has 0 aliphatic carbocycles. The lowest BCUT2D eigenvalue weighted by Gasteiger charge is -2.10. The van der Waals surface area contributed by atoms with Crippen molar-refractivity contribution in [1.29, 1.82) is 0 Å². The van der Waals surface area contributed by atoms with Gasteiger partial charge in [0, 0.05) is 28.4 Å². The molecule has 21 heavy (non-hydrogen) atoms. The van der Waals surface area contributed by atoms with E-state index in [0.29, 0.717) is 12.0 Å². The van der Waals surface area contributed by atoms with Gasteiger partial charge in [-0.25, -0.2) is 0 Å². The zero-order valence-electron chi connectivity index (χ0n) is 11.1. The van der Waals surface area contributed by atoms with E-state index in [4.69, 9.17) is 29.6 Å². The second-order valence-corrected chi connectivity index (χ2v) is 7.12. The number of halogens is 2. The van der Waals surface area contributed by atoms with Crippen LogP contribution < -0.4 is 0 Å². The smallest absolute Gasteiger partial charge is 0.157 e. The summed E-state index contributed by atoms with van der Waals surface area (Å²) in [7, 11) is 0. The molecule has 1 heterocycles. The second kappa shape index (κ2) is 7.72. The van der Waals surface area contributed by atoms with Gasteiger partial charge in [0.1, 0.15) is 0 Å². The molecule has 0 fully saturated rings. The fourth-order valence-electron chi connectivity index (χ4n) is 1.99. The summed E-state index contributed by atoms with van der Waals surface area (Å²) in [5.41, 5.74) is 3.49. The molecular weight excluding hydrogens is 325 g/mol. The third-order valence-corrected chi connectivity index (χ3v) is 4.26. The number of aliphatic hydroxyl groups is 1. The Bertz CT molecular complexity index is 650. The van der Waals surface area contributed by atoms with Gasteiger partial charge in [0.15, 0.2) is 4.17 Å². The zero-order chi connectivity index (χ0) is 15.2. The first kappa shape index (κ1) is 16.2. The van der Waals surface area contributed by atoms with Crippen molar-refractivity contribution in [3.8, 4) is 12.3 Å². The number of terminal acetylenes is 1. The van der Waals surface area contributed by atoms with Crippen LogP contribution in [0.5, 0.6) is 0 Å². The van der Waals surface area contributed by atoms with E-state index in [-0.39, 0.29) is 6.61 Å². The van der Waals surface area contributed by atoms with Gasteiger partial charge >= 0.3 is 0 Å². The molecule has 0 bridgehead atoms. The zero-order valence-corrected chi connectivity index (χ0v) is 13.4. The predicted octanol–water partition coefficient (Wildman–Crippen LogP) is 4.00. The molecule has 0 amide bonds. The number of benzene rings is 1. The van der Waals surface area contributed by atoms with E-state index in [9.17, 15) is 5.11 Å². The normalized spacial score (nSPS) is 10.6. The molecule has 1 aromatic heterocycles. The average Bonchev–Trinajstić information content (AvgIpc) is 2.49. The van der Waals surface area contributed by atoms with E-state index in [2.05, 4.69) is 10.9 Å². The van der Waals surface area contributed by atoms with Crippen LogP contribution in [0.2, 0.25) is 0 Å². The van der Waals surface area contributed by atoms with Gasteiger partial charge in [-0.2, -0.15) is 0 Å². The topological polar surface area (TPSA) is 33.1 Å². The number of pyridine rings is 1. The Morgan fingerprint density at radius 2 is 1.95 bits per heavy atom. The number of aromatic nitrogens is 1. The fraction of sp³-hybridized carbons (Fsp3) is 0.188. The Kier molecular flexibility index (Phi) is 5.96. The number of nitrogens with zero attached hydrogens (tertiary/aromatic N) is 1. The number of aliphatic hydroxyl groups excluding tert-OH is 1. The molecule has 108 valence electrons. The Labute approximate surface area is 138 Å². The fourth-order valence-corrected chi connectivity index (χ4v) is 3.11. The van der Waals surface area contributed by atoms with Gasteiger partial charge in [-0.05, 0) is 29.7 Å². The van der Waals surface area contributed by atoms with Crippen molar-refractivity contribution >= 4 is 35.0 Å². The van der Waals surface area contributed by atoms with Gasteiger partial charge in [-0.15, -0.1) is 6.42 Å². The van der Waals surface area contributed by atoms with E-state index in [1.807, 2.05) is 24.3 Å². The van der Waals surface area contributed by atoms with Crippen LogP contribution >= 0.6 is 35.0 Å². The average molecular weight is 338 g/mol. The van der Waals surface area contributed by atoms with Crippen molar-refractivity contribution < 1.29 is 5.11 Å². The van der Waals surface area contributed by atoms with Crippen LogP contribution in [0.4, 0.5) is 0 Å². The number of alkyl halides is 2. The highest BCUT2D eigenvalue weighted by Gasteiger charge is 2.09. The molecule has 0 spiro atoms. The van der Waals surface area contributed by atoms with Gasteiger partial charge in [0.05, 0.1) is 6.61 Å². The van der Waals surface area contributed by atoms with E-state index < -0.39 is 4.17 Å². The van der Waals surface area contributed by atoms with Gasteiger partial charge in [-0.1, -0.05) is 53.0 Å². The summed E-state index contributed by atoms with van der Waals surface area (Å²) in [6.07, 6.45) is 9.44. The Balaban J connectivity index is 2.24. The maximum atomic E-state index is 9.42. The van der Waals surface area contributed by atoms with Crippen LogP contribution in [0.1, 0.15) is 22.3 Å². The van der Waals surface area contributed by atoms with Crippen molar-refractivity contribution in [3.05, 3.63) is 58.9 Å². The highest BCUT2D eigenvalue weighted by atomic mass is 35.5. The predicted molar refractivity (Wildman–Crippen MR) is 88.7 cm³/mol. The molecule has 1 N–H and O–H groups in total. The summed E-state index contributed by atoms with van der Waals surface area (Å²) >= 11 is 12.8. The summed E-state index contributed by atoms with van der Waals surface area (Å²) in [5.74, 6) is 2.62. The molecule has 0 aliphatic rings. The van der Waals surface area contributed by atoms with E-state index in [1.54, 1.807) is 12.4 Å². The first-order valence-electron chi connectivity index (χ1n) is 6.21. The molecule has 2 nitrogen and oxygen atoms in total. The number of thioether (sulfide) groups is 1. The molecule has 5 heteroatoms. The highest BCUT2D eigenvalue weighted by Crippen LogP contribution is 2.29. The maximum Gasteiger partial charge on any atom is 0.157 e. The third-order valence-electron chi connectivity index (χ3n) is 3.00. The monoisotopic (exact) mass is 337 g/mol. The minimum Gasteiger partial charge on any atom is -0.392 e. The third kappa shape index (κ3) is 4.39. The van der Waals surface area contributed by atoms with Gasteiger partial charge in [0.2, 0.25) is 0 Å². The first-order chi connectivity index (χ1) is 10.1. The number of hydrogen-bond acceptors (Lipinski definition) is 3. The summed E-state index contributed by atoms with van der Waals surface area (Å²) in [4.78, 5) is 5.04. The van der Waals surface area contributed by atoms with Crippen molar-refractivity contribution in [2.75, 3.05) is 0 Å². The largest absolute Gasteiger partial charge is 0.392 e. The van der Waals surface area contributed by atoms with Crippen molar-refractivity contribution in [3.63, 3.8) is 0 Å². The van der Waals surface area contributed by atoms with Crippen LogP contribution in [0.3, 0.4) is 0 Å². The highest BCUT2D eigenvalue weighted by molar-refractivity contribution is 8.02. The van der Waals surface area contributed by atoms with Crippen molar-refractivity contribution in [2.45, 2.75) is 22.1 Å². The van der Waals surface area contributed by atoms with Crippen LogP contribution in [0.25, 0.3) is 0 Å². The van der Waals surface area contributed by atoms with Crippen LogP contribution in [-0.2, 0) is 13.0 Å². The molecule has 2 aromatic rings. The maximum absolute atomic E-state index is 9.42. The van der Waals surface area contributed by atoms with Crippen LogP contribution in [0.15, 0.2) is 41.6 Å². The standard InChI is InChI=1S/C16H13Cl2NOS/c1-2-12-8-19-9-13(10-20)15(12)7-11-3-5-14(6-4-11)21-16(17)18/h1,3-6,8-9,16,20H,7,10H2. The Morgan fingerprint density at radius 1 is 1.24 bits per heavy atom. The Hall–Kier alpha value is -1.18. The minimum absolute atomic E-state index is 0.0774. The lowest BCUT2D eigenvalue weighted by Crippen LogP contribution is -2.01. The van der Waals surface area contributed by atoms with Crippen LogP contribution in [-0.4, -0.2) is 14.3 Å². The molecule has 0 radical (unpaired) electrons. The molecular formula is C16H13Cl2NOS. The summed E-state index contributed by atoms with van der Waals surface area (Å²) in [6.45, 7) is -0.0774. The number of rotatable bonds is 5. The van der Waals surface area contributed by atoms with Gasteiger partial charge in [-0.3, -0.25) is 4.98 Å². The van der Waals surface area contributed by atoms with E-state index in [0.717, 1.165) is 21.6 Å². The molecule has 1 aromatic carbocycles.